The van der Waals surface area contributed by atoms with Crippen molar-refractivity contribution in [2.45, 2.75) is 19.3 Å². The van der Waals surface area contributed by atoms with Crippen LogP contribution in [0, 0.1) is 11.3 Å². The molecule has 0 saturated carbocycles. The van der Waals surface area contributed by atoms with Crippen LogP contribution in [-0.4, -0.2) is 55.7 Å². The van der Waals surface area contributed by atoms with Crippen molar-refractivity contribution in [3.05, 3.63) is 65.4 Å². The lowest BCUT2D eigenvalue weighted by Gasteiger charge is -2.36. The lowest BCUT2D eigenvalue weighted by atomic mass is 10.0. The average Bonchev–Trinajstić information content (AvgIpc) is 3.24. The van der Waals surface area contributed by atoms with Crippen LogP contribution in [0.1, 0.15) is 34.3 Å². The highest BCUT2D eigenvalue weighted by molar-refractivity contribution is 5.95. The van der Waals surface area contributed by atoms with Gasteiger partial charge >= 0.3 is 5.97 Å². The van der Waals surface area contributed by atoms with Crippen LogP contribution in [0.3, 0.4) is 0 Å². The third-order valence-electron chi connectivity index (χ3n) is 6.10. The molecule has 0 spiro atoms. The number of unbranched alkanes of at least 4 members (excludes halogenated alkanes) is 1. The minimum absolute atomic E-state index is 0.300. The van der Waals surface area contributed by atoms with Crippen LogP contribution < -0.4 is 4.90 Å². The fourth-order valence-electron chi connectivity index (χ4n) is 4.34. The minimum Gasteiger partial charge on any atom is -0.465 e. The number of ether oxygens (including phenoxy) is 1. The number of piperazine rings is 1. The van der Waals surface area contributed by atoms with Gasteiger partial charge in [-0.05, 0) is 61.7 Å². The Morgan fingerprint density at radius 3 is 2.71 bits per heavy atom. The third kappa shape index (κ3) is 4.73. The van der Waals surface area contributed by atoms with Crippen LogP contribution in [0.5, 0.6) is 0 Å². The summed E-state index contributed by atoms with van der Waals surface area (Å²) in [6.45, 7) is 5.04. The number of fused-ring (bicyclic) bond motifs is 1. The Bertz CT molecular complexity index is 1090. The van der Waals surface area contributed by atoms with Gasteiger partial charge < -0.3 is 14.6 Å². The predicted octanol–water partition coefficient (Wildman–Crippen LogP) is 3.97. The fourth-order valence-corrected chi connectivity index (χ4v) is 4.34. The number of methoxy groups -OCH3 is 1. The van der Waals surface area contributed by atoms with E-state index >= 15 is 0 Å². The Morgan fingerprint density at radius 1 is 1.13 bits per heavy atom. The molecule has 0 aliphatic carbocycles. The van der Waals surface area contributed by atoms with Gasteiger partial charge in [-0.3, -0.25) is 4.90 Å². The Hall–Kier alpha value is -3.30. The number of nitriles is 1. The molecular weight excluding hydrogens is 388 g/mol. The van der Waals surface area contributed by atoms with Crippen molar-refractivity contribution in [2.24, 2.45) is 0 Å². The monoisotopic (exact) mass is 416 g/mol. The molecule has 2 heterocycles. The minimum atomic E-state index is -0.300. The number of nitrogens with zero attached hydrogens (tertiary/aromatic N) is 3. The van der Waals surface area contributed by atoms with Crippen LogP contribution in [0.15, 0.2) is 48.7 Å². The molecule has 0 radical (unpaired) electrons. The van der Waals surface area contributed by atoms with Gasteiger partial charge in [-0.1, -0.05) is 12.1 Å². The number of hydrogen-bond acceptors (Lipinski definition) is 5. The second-order valence-electron chi connectivity index (χ2n) is 7.98. The summed E-state index contributed by atoms with van der Waals surface area (Å²) < 4.78 is 4.84. The van der Waals surface area contributed by atoms with E-state index in [1.165, 1.54) is 12.7 Å². The molecule has 1 aliphatic heterocycles. The first-order valence-corrected chi connectivity index (χ1v) is 10.8. The zero-order chi connectivity index (χ0) is 21.6. The van der Waals surface area contributed by atoms with Crippen LogP contribution in [0.2, 0.25) is 0 Å². The Balaban J connectivity index is 1.26. The molecule has 1 N–H and O–H groups in total. The molecule has 1 saturated heterocycles. The zero-order valence-corrected chi connectivity index (χ0v) is 17.9. The lowest BCUT2D eigenvalue weighted by molar-refractivity contribution is 0.0601. The molecule has 0 atom stereocenters. The summed E-state index contributed by atoms with van der Waals surface area (Å²) in [7, 11) is 1.41. The van der Waals surface area contributed by atoms with Crippen LogP contribution in [0.25, 0.3) is 10.9 Å². The number of carbonyl (C=O) groups excluding carboxylic acids is 1. The summed E-state index contributed by atoms with van der Waals surface area (Å²) in [4.78, 5) is 19.9. The number of rotatable bonds is 7. The molecule has 160 valence electrons. The molecule has 6 heteroatoms. The highest BCUT2D eigenvalue weighted by Crippen LogP contribution is 2.23. The van der Waals surface area contributed by atoms with Gasteiger partial charge in [-0.15, -0.1) is 0 Å². The fraction of sp³-hybridized carbons (Fsp3) is 0.360. The number of benzene rings is 2. The van der Waals surface area contributed by atoms with Gasteiger partial charge in [0.2, 0.25) is 0 Å². The maximum Gasteiger partial charge on any atom is 0.337 e. The molecule has 1 aliphatic rings. The van der Waals surface area contributed by atoms with E-state index < -0.39 is 0 Å². The van der Waals surface area contributed by atoms with Gasteiger partial charge in [-0.25, -0.2) is 4.79 Å². The van der Waals surface area contributed by atoms with Gasteiger partial charge in [0, 0.05) is 43.3 Å². The predicted molar refractivity (Wildman–Crippen MR) is 122 cm³/mol. The Morgan fingerprint density at radius 2 is 1.94 bits per heavy atom. The topological polar surface area (TPSA) is 72.4 Å². The third-order valence-corrected chi connectivity index (χ3v) is 6.10. The Labute approximate surface area is 183 Å². The molecule has 6 nitrogen and oxygen atoms in total. The molecule has 1 aromatic heterocycles. The highest BCUT2D eigenvalue weighted by Gasteiger charge is 2.18. The van der Waals surface area contributed by atoms with E-state index in [0.29, 0.717) is 5.56 Å². The summed E-state index contributed by atoms with van der Waals surface area (Å²) in [5.41, 5.74) is 4.70. The van der Waals surface area contributed by atoms with Gasteiger partial charge in [0.15, 0.2) is 0 Å². The first-order valence-electron chi connectivity index (χ1n) is 10.8. The SMILES string of the molecule is COC(=O)c1ccc2[nH]cc(CCCCN3CCN(c4ccccc4C#N)CC3)c2c1. The maximum absolute atomic E-state index is 11.8. The molecule has 3 aromatic rings. The molecule has 31 heavy (non-hydrogen) atoms. The van der Waals surface area contributed by atoms with Crippen molar-refractivity contribution in [1.82, 2.24) is 9.88 Å². The molecule has 1 fully saturated rings. The van der Waals surface area contributed by atoms with Gasteiger partial charge in [0.1, 0.15) is 6.07 Å². The van der Waals surface area contributed by atoms with Crippen molar-refractivity contribution >= 4 is 22.6 Å². The summed E-state index contributed by atoms with van der Waals surface area (Å²) >= 11 is 0. The molecule has 0 bridgehead atoms. The standard InChI is InChI=1S/C25H28N4O2/c1-31-25(30)19-9-10-23-22(16-19)21(18-27-23)7-4-5-11-28-12-14-29(15-13-28)24-8-3-2-6-20(24)17-26/h2-3,6,8-10,16,18,27H,4-5,7,11-15H2,1H3. The van der Waals surface area contributed by atoms with E-state index in [2.05, 4.69) is 27.0 Å². The summed E-state index contributed by atoms with van der Waals surface area (Å²) in [5.74, 6) is -0.300. The molecule has 2 aromatic carbocycles. The first-order chi connectivity index (χ1) is 15.2. The molecular formula is C25H28N4O2. The molecule has 0 amide bonds. The summed E-state index contributed by atoms with van der Waals surface area (Å²) in [6.07, 6.45) is 5.28. The van der Waals surface area contributed by atoms with Crippen molar-refractivity contribution in [3.8, 4) is 6.07 Å². The number of hydrogen-bond donors (Lipinski definition) is 1. The van der Waals surface area contributed by atoms with Crippen LogP contribution in [0.4, 0.5) is 5.69 Å². The summed E-state index contributed by atoms with van der Waals surface area (Å²) in [6, 6.07) is 15.8. The number of aryl methyl sites for hydroxylation is 1. The number of anilines is 1. The second kappa shape index (κ2) is 9.67. The van der Waals surface area contributed by atoms with E-state index in [-0.39, 0.29) is 5.97 Å². The Kier molecular flexibility index (Phi) is 6.54. The van der Waals surface area contributed by atoms with E-state index in [0.717, 1.165) is 74.1 Å². The van der Waals surface area contributed by atoms with Gasteiger partial charge in [-0.2, -0.15) is 5.26 Å². The van der Waals surface area contributed by atoms with Crippen molar-refractivity contribution < 1.29 is 9.53 Å². The highest BCUT2D eigenvalue weighted by atomic mass is 16.5. The largest absolute Gasteiger partial charge is 0.465 e. The molecule has 4 rings (SSSR count). The van der Waals surface area contributed by atoms with Crippen molar-refractivity contribution in [2.75, 3.05) is 44.7 Å². The smallest absolute Gasteiger partial charge is 0.337 e. The number of aromatic nitrogens is 1. The number of H-pyrrole nitrogens is 1. The van der Waals surface area contributed by atoms with E-state index in [1.807, 2.05) is 36.4 Å². The van der Waals surface area contributed by atoms with E-state index in [1.54, 1.807) is 6.07 Å². The zero-order valence-electron chi connectivity index (χ0n) is 17.9. The second-order valence-corrected chi connectivity index (χ2v) is 7.98. The number of para-hydroxylation sites is 1. The van der Waals surface area contributed by atoms with Gasteiger partial charge in [0.05, 0.1) is 23.9 Å². The number of nitrogens with one attached hydrogen (secondary N) is 1. The van der Waals surface area contributed by atoms with Crippen molar-refractivity contribution in [1.29, 1.82) is 5.26 Å². The van der Waals surface area contributed by atoms with Gasteiger partial charge in [0.25, 0.3) is 0 Å². The number of esters is 1. The number of aromatic amines is 1. The maximum atomic E-state index is 11.8. The van der Waals surface area contributed by atoms with Crippen molar-refractivity contribution in [3.63, 3.8) is 0 Å². The quantitative estimate of drug-likeness (QED) is 0.466. The van der Waals surface area contributed by atoms with Crippen LogP contribution >= 0.6 is 0 Å². The lowest BCUT2D eigenvalue weighted by Crippen LogP contribution is -2.46. The van der Waals surface area contributed by atoms with E-state index in [9.17, 15) is 10.1 Å². The average molecular weight is 417 g/mol. The first kappa shape index (κ1) is 21.0. The van der Waals surface area contributed by atoms with E-state index in [4.69, 9.17) is 4.74 Å². The molecule has 0 unspecified atom stereocenters. The summed E-state index contributed by atoms with van der Waals surface area (Å²) in [5, 5.41) is 10.4. The normalized spacial score (nSPS) is 14.5. The number of carbonyl (C=O) groups is 1. The van der Waals surface area contributed by atoms with Crippen LogP contribution in [-0.2, 0) is 11.2 Å².